The van der Waals surface area contributed by atoms with Crippen molar-refractivity contribution in [3.63, 3.8) is 0 Å². The number of hydrogen-bond donors (Lipinski definition) is 4. The van der Waals surface area contributed by atoms with Crippen molar-refractivity contribution < 1.29 is 33.4 Å². The summed E-state index contributed by atoms with van der Waals surface area (Å²) in [6, 6.07) is 17.8. The predicted octanol–water partition coefficient (Wildman–Crippen LogP) is 7.63. The highest BCUT2D eigenvalue weighted by Gasteiger charge is 2.39. The van der Waals surface area contributed by atoms with Crippen LogP contribution >= 0.6 is 0 Å². The number of carbonyl (C=O) groups excluding carboxylic acids is 4. The van der Waals surface area contributed by atoms with E-state index in [1.54, 1.807) is 36.1 Å². The van der Waals surface area contributed by atoms with Gasteiger partial charge >= 0.3 is 12.1 Å². The summed E-state index contributed by atoms with van der Waals surface area (Å²) < 4.78 is 20.8. The van der Waals surface area contributed by atoms with Crippen molar-refractivity contribution in [2.75, 3.05) is 69.7 Å². The minimum Gasteiger partial charge on any atom is -0.495 e. The van der Waals surface area contributed by atoms with Gasteiger partial charge in [0.25, 0.3) is 5.91 Å². The van der Waals surface area contributed by atoms with Crippen LogP contribution in [0.15, 0.2) is 67.0 Å². The van der Waals surface area contributed by atoms with Crippen LogP contribution in [0.4, 0.5) is 25.4 Å². The number of fused-ring (bicyclic) bond motifs is 1. The molecule has 6 heterocycles. The first kappa shape index (κ1) is 45.8. The van der Waals surface area contributed by atoms with Gasteiger partial charge in [-0.1, -0.05) is 38.1 Å². The Bertz CT molecular complexity index is 2670. The number of benzene rings is 3. The number of aromatic nitrogens is 3. The molecule has 4 saturated heterocycles. The van der Waals surface area contributed by atoms with Gasteiger partial charge in [0.05, 0.1) is 30.3 Å². The number of amides is 6. The van der Waals surface area contributed by atoms with Crippen molar-refractivity contribution in [1.82, 2.24) is 35.0 Å². The second-order valence-corrected chi connectivity index (χ2v) is 19.3. The van der Waals surface area contributed by atoms with E-state index in [0.29, 0.717) is 65.0 Å². The minimum absolute atomic E-state index is 0.0106. The topological polar surface area (TPSA) is 176 Å². The zero-order chi connectivity index (χ0) is 47.0. The molecule has 4 aliphatic rings. The number of anilines is 2. The summed E-state index contributed by atoms with van der Waals surface area (Å²) in [6.45, 7) is 11.2. The van der Waals surface area contributed by atoms with E-state index in [9.17, 15) is 24.3 Å². The molecular formula is C51H60FN9O6. The molecule has 16 heteroatoms. The number of nitrogens with zero attached hydrogens (tertiary/aromatic N) is 6. The van der Waals surface area contributed by atoms with Gasteiger partial charge in [-0.05, 0) is 123 Å². The molecule has 15 nitrogen and oxygen atoms in total. The van der Waals surface area contributed by atoms with E-state index in [4.69, 9.17) is 4.74 Å². The zero-order valence-corrected chi connectivity index (χ0v) is 38.7. The second kappa shape index (κ2) is 19.1. The van der Waals surface area contributed by atoms with Crippen LogP contribution in [0.1, 0.15) is 73.9 Å². The monoisotopic (exact) mass is 913 g/mol. The lowest BCUT2D eigenvalue weighted by molar-refractivity contribution is -0.120. The number of aliphatic hydroxyl groups is 1. The Kier molecular flexibility index (Phi) is 13.0. The number of methoxy groups -OCH3 is 1. The van der Waals surface area contributed by atoms with E-state index in [0.717, 1.165) is 74.8 Å². The van der Waals surface area contributed by atoms with E-state index in [2.05, 4.69) is 68.6 Å². The van der Waals surface area contributed by atoms with Crippen molar-refractivity contribution in [1.29, 1.82) is 0 Å². The molecule has 4 fully saturated rings. The number of carbonyl (C=O) groups is 4. The van der Waals surface area contributed by atoms with Crippen LogP contribution < -0.4 is 20.3 Å². The summed E-state index contributed by atoms with van der Waals surface area (Å²) >= 11 is 0. The number of nitrogens with one attached hydrogen (secondary N) is 3. The molecule has 5 aromatic rings. The Morgan fingerprint density at radius 3 is 2.40 bits per heavy atom. The SMILES string of the molecule is COc1ccc(C(=O)N2CCC3(CCN(CCc4ccc(-c5cc6c(-c7ccc(F)c(NC(=O)N8CC(O)C(CC(C)C)C8)c7C)ncnc6[nH]5)cc4)CC3)CC2)cc1N1CCC(=O)NC1=O. The Balaban J connectivity index is 0.781. The molecule has 3 aromatic carbocycles. The first-order chi connectivity index (χ1) is 32.3. The number of halogens is 1. The smallest absolute Gasteiger partial charge is 0.328 e. The molecule has 2 aromatic heterocycles. The van der Waals surface area contributed by atoms with Gasteiger partial charge in [0.15, 0.2) is 0 Å². The predicted molar refractivity (Wildman–Crippen MR) is 254 cm³/mol. The maximum Gasteiger partial charge on any atom is 0.328 e. The number of urea groups is 2. The third-order valence-corrected chi connectivity index (χ3v) is 14.6. The Morgan fingerprint density at radius 1 is 0.940 bits per heavy atom. The van der Waals surface area contributed by atoms with Crippen LogP contribution in [0.5, 0.6) is 5.75 Å². The number of hydrogen-bond acceptors (Lipinski definition) is 9. The molecule has 6 amide bonds. The number of imide groups is 1. The van der Waals surface area contributed by atoms with Crippen molar-refractivity contribution in [2.24, 2.45) is 17.3 Å². The molecule has 4 N–H and O–H groups in total. The van der Waals surface area contributed by atoms with Gasteiger partial charge < -0.3 is 34.8 Å². The summed E-state index contributed by atoms with van der Waals surface area (Å²) in [7, 11) is 1.52. The van der Waals surface area contributed by atoms with Crippen LogP contribution in [0, 0.1) is 30.0 Å². The number of H-pyrrole nitrogens is 1. The maximum atomic E-state index is 15.3. The van der Waals surface area contributed by atoms with E-state index < -0.39 is 24.0 Å². The number of aromatic amines is 1. The quantitative estimate of drug-likeness (QED) is 0.104. The molecule has 67 heavy (non-hydrogen) atoms. The van der Waals surface area contributed by atoms with Gasteiger partial charge in [-0.2, -0.15) is 0 Å². The summed E-state index contributed by atoms with van der Waals surface area (Å²) in [5.41, 5.74) is 6.94. The fourth-order valence-electron chi connectivity index (χ4n) is 10.5. The molecule has 9 rings (SSSR count). The molecule has 2 atom stereocenters. The third kappa shape index (κ3) is 9.59. The molecule has 4 aliphatic heterocycles. The highest BCUT2D eigenvalue weighted by atomic mass is 19.1. The average Bonchev–Trinajstić information content (AvgIpc) is 3.93. The number of aliphatic hydroxyl groups excluding tert-OH is 1. The lowest BCUT2D eigenvalue weighted by Crippen LogP contribution is -2.50. The zero-order valence-electron chi connectivity index (χ0n) is 38.7. The van der Waals surface area contributed by atoms with Crippen molar-refractivity contribution in [3.05, 3.63) is 89.5 Å². The van der Waals surface area contributed by atoms with Crippen molar-refractivity contribution >= 4 is 46.3 Å². The van der Waals surface area contributed by atoms with Gasteiger partial charge in [-0.25, -0.2) is 23.9 Å². The lowest BCUT2D eigenvalue weighted by Gasteiger charge is -2.47. The highest BCUT2D eigenvalue weighted by Crippen LogP contribution is 2.42. The van der Waals surface area contributed by atoms with Gasteiger partial charge in [0.1, 0.15) is 23.5 Å². The van der Waals surface area contributed by atoms with Crippen LogP contribution in [0.25, 0.3) is 33.5 Å². The molecule has 352 valence electrons. The molecule has 0 bridgehead atoms. The first-order valence-electron chi connectivity index (χ1n) is 23.6. The van der Waals surface area contributed by atoms with E-state index in [1.165, 1.54) is 30.0 Å². The van der Waals surface area contributed by atoms with Gasteiger partial charge in [-0.3, -0.25) is 19.8 Å². The van der Waals surface area contributed by atoms with Crippen LogP contribution in [0.2, 0.25) is 0 Å². The largest absolute Gasteiger partial charge is 0.495 e. The van der Waals surface area contributed by atoms with Crippen LogP contribution in [-0.4, -0.2) is 124 Å². The summed E-state index contributed by atoms with van der Waals surface area (Å²) in [5.74, 6) is -0.0750. The Hall–Kier alpha value is -6.39. The summed E-state index contributed by atoms with van der Waals surface area (Å²) in [6.07, 6.45) is 6.92. The van der Waals surface area contributed by atoms with E-state index in [-0.39, 0.29) is 48.3 Å². The highest BCUT2D eigenvalue weighted by molar-refractivity contribution is 6.07. The number of ether oxygens (including phenoxy) is 1. The van der Waals surface area contributed by atoms with E-state index in [1.807, 2.05) is 11.0 Å². The van der Waals surface area contributed by atoms with Crippen LogP contribution in [0.3, 0.4) is 0 Å². The van der Waals surface area contributed by atoms with Crippen molar-refractivity contribution in [2.45, 2.75) is 71.8 Å². The van der Waals surface area contributed by atoms with Gasteiger partial charge in [0, 0.05) is 73.8 Å². The first-order valence-corrected chi connectivity index (χ1v) is 23.6. The van der Waals surface area contributed by atoms with Crippen LogP contribution in [-0.2, 0) is 11.2 Å². The average molecular weight is 914 g/mol. The van der Waals surface area contributed by atoms with Crippen molar-refractivity contribution in [3.8, 4) is 28.3 Å². The molecule has 2 unspecified atom stereocenters. The number of likely N-dealkylation sites (tertiary alicyclic amines) is 3. The maximum absolute atomic E-state index is 15.3. The fourth-order valence-corrected chi connectivity index (χ4v) is 10.5. The van der Waals surface area contributed by atoms with Gasteiger partial charge in [-0.15, -0.1) is 0 Å². The molecule has 0 aliphatic carbocycles. The molecular weight excluding hydrogens is 854 g/mol. The molecule has 0 radical (unpaired) electrons. The lowest BCUT2D eigenvalue weighted by atomic mass is 9.71. The number of rotatable bonds is 11. The second-order valence-electron chi connectivity index (χ2n) is 19.3. The summed E-state index contributed by atoms with van der Waals surface area (Å²) in [5, 5.41) is 16.5. The fraction of sp³-hybridized carbons (Fsp3) is 0.451. The summed E-state index contributed by atoms with van der Waals surface area (Å²) in [4.78, 5) is 71.4. The molecule has 0 saturated carbocycles. The minimum atomic E-state index is -0.606. The normalized spacial score (nSPS) is 20.0. The van der Waals surface area contributed by atoms with E-state index >= 15 is 4.39 Å². The third-order valence-electron chi connectivity index (χ3n) is 14.6. The number of β-amino-alcohol motifs (C(OH)–C–C–N with tert-alkyl or cyclic N) is 1. The Labute approximate surface area is 390 Å². The Morgan fingerprint density at radius 2 is 1.69 bits per heavy atom. The number of piperidine rings is 2. The standard InChI is InChI=1S/C51H60FN9O6/c1-31(2)25-36-28-60(29-42(36)62)49(65)57-45-32(3)37(10-11-39(45)52)46-38-27-40(55-47(38)54-30-53-46)34-7-5-33(6-8-34)13-19-58-21-15-51(16-22-58)17-23-59(24-18-51)48(64)35-9-12-43(67-4)41(26-35)61-20-14-44(63)56-50(61)66/h5-12,26-27,30-31,36,42,62H,13-25,28-29H2,1-4H3,(H,57,65)(H,53,54,55)(H,56,63,66). The molecule has 1 spiro atoms. The van der Waals surface area contributed by atoms with Gasteiger partial charge in [0.2, 0.25) is 5.91 Å².